The Labute approximate surface area is 199 Å². The Kier molecular flexibility index (Phi) is 7.45. The predicted molar refractivity (Wildman–Crippen MR) is 130 cm³/mol. The minimum Gasteiger partial charge on any atom is -0.445 e. The number of carbonyl (C=O) groups excluding carboxylic acids is 1. The van der Waals surface area contributed by atoms with Gasteiger partial charge in [-0.05, 0) is 56.4 Å². The summed E-state index contributed by atoms with van der Waals surface area (Å²) < 4.78 is 17.7. The minimum atomic E-state index is -0.676. The third-order valence-corrected chi connectivity index (χ3v) is 6.28. The van der Waals surface area contributed by atoms with Crippen molar-refractivity contribution in [1.29, 1.82) is 0 Å². The lowest BCUT2D eigenvalue weighted by atomic mass is 9.77. The van der Waals surface area contributed by atoms with Gasteiger partial charge in [0, 0.05) is 6.54 Å². The van der Waals surface area contributed by atoms with E-state index >= 15 is 0 Å². The molecule has 1 saturated heterocycles. The van der Waals surface area contributed by atoms with Crippen molar-refractivity contribution in [3.8, 4) is 0 Å². The van der Waals surface area contributed by atoms with E-state index in [1.54, 1.807) is 12.1 Å². The van der Waals surface area contributed by atoms with Crippen LogP contribution in [0.2, 0.25) is 10.0 Å². The van der Waals surface area contributed by atoms with Crippen molar-refractivity contribution >= 4 is 48.2 Å². The number of anilines is 1. The van der Waals surface area contributed by atoms with Gasteiger partial charge in [-0.3, -0.25) is 0 Å². The Bertz CT molecular complexity index is 973. The van der Waals surface area contributed by atoms with Crippen molar-refractivity contribution in [2.45, 2.75) is 45.5 Å². The molecule has 0 unspecified atom stereocenters. The van der Waals surface area contributed by atoms with Gasteiger partial charge in [0.05, 0.1) is 26.9 Å². The molecule has 0 atom stereocenters. The van der Waals surface area contributed by atoms with Crippen LogP contribution in [0.1, 0.15) is 38.8 Å². The lowest BCUT2D eigenvalue weighted by Crippen LogP contribution is -2.41. The van der Waals surface area contributed by atoms with Crippen LogP contribution in [0.25, 0.3) is 6.08 Å². The van der Waals surface area contributed by atoms with Gasteiger partial charge in [-0.25, -0.2) is 4.79 Å². The van der Waals surface area contributed by atoms with Crippen LogP contribution >= 0.6 is 23.2 Å². The second-order valence-electron chi connectivity index (χ2n) is 8.62. The van der Waals surface area contributed by atoms with E-state index in [4.69, 9.17) is 43.0 Å². The molecule has 9 heteroatoms. The number of ether oxygens (including phenoxy) is 1. The van der Waals surface area contributed by atoms with Gasteiger partial charge in [0.15, 0.2) is 0 Å². The lowest BCUT2D eigenvalue weighted by molar-refractivity contribution is 0.00578. The molecule has 170 valence electrons. The van der Waals surface area contributed by atoms with Gasteiger partial charge >= 0.3 is 13.2 Å². The van der Waals surface area contributed by atoms with Crippen LogP contribution in [0, 0.1) is 0 Å². The van der Waals surface area contributed by atoms with Gasteiger partial charge in [0.25, 0.3) is 0 Å². The highest BCUT2D eigenvalue weighted by atomic mass is 35.5. The van der Waals surface area contributed by atoms with E-state index in [2.05, 4.69) is 5.32 Å². The SMILES string of the molecule is CC1(C)OB(C(=Cc2cc(Cl)c(N)c(Cl)c2)CNC(=O)OCc2ccccc2)OC1(C)C. The molecule has 1 aliphatic rings. The topological polar surface area (TPSA) is 82.8 Å². The number of hydrogen-bond donors (Lipinski definition) is 2. The molecule has 3 rings (SSSR count). The van der Waals surface area contributed by atoms with Crippen molar-refractivity contribution in [2.75, 3.05) is 12.3 Å². The summed E-state index contributed by atoms with van der Waals surface area (Å²) >= 11 is 12.4. The summed E-state index contributed by atoms with van der Waals surface area (Å²) in [4.78, 5) is 12.3. The number of alkyl carbamates (subject to hydrolysis) is 1. The molecule has 0 spiro atoms. The predicted octanol–water partition coefficient (Wildman–Crippen LogP) is 5.52. The highest BCUT2D eigenvalue weighted by Crippen LogP contribution is 2.39. The van der Waals surface area contributed by atoms with E-state index in [0.717, 1.165) is 5.56 Å². The van der Waals surface area contributed by atoms with Gasteiger partial charge in [-0.15, -0.1) is 0 Å². The standard InChI is InChI=1S/C23H27BCl2N2O4/c1-22(2)23(3,4)32-24(31-22)17(10-16-11-18(25)20(27)19(26)12-16)13-28-21(29)30-14-15-8-6-5-7-9-15/h5-12H,13-14,27H2,1-4H3,(H,28,29). The summed E-state index contributed by atoms with van der Waals surface area (Å²) in [6.45, 7) is 8.16. The molecule has 1 aliphatic heterocycles. The maximum atomic E-state index is 12.3. The molecule has 1 heterocycles. The number of halogens is 2. The first-order valence-electron chi connectivity index (χ1n) is 10.2. The Morgan fingerprint density at radius 1 is 1.09 bits per heavy atom. The van der Waals surface area contributed by atoms with E-state index in [9.17, 15) is 4.79 Å². The van der Waals surface area contributed by atoms with Gasteiger partial charge in [-0.1, -0.05) is 59.6 Å². The number of nitrogen functional groups attached to an aromatic ring is 1. The molecule has 2 aromatic rings. The van der Waals surface area contributed by atoms with E-state index in [1.807, 2.05) is 64.1 Å². The van der Waals surface area contributed by atoms with Crippen molar-refractivity contribution < 1.29 is 18.8 Å². The summed E-state index contributed by atoms with van der Waals surface area (Å²) in [5.74, 6) is 0. The monoisotopic (exact) mass is 476 g/mol. The molecule has 2 aromatic carbocycles. The first-order valence-corrected chi connectivity index (χ1v) is 11.0. The zero-order valence-electron chi connectivity index (χ0n) is 18.6. The number of carbonyl (C=O) groups is 1. The summed E-state index contributed by atoms with van der Waals surface area (Å²) in [6, 6.07) is 12.8. The molecule has 0 bridgehead atoms. The van der Waals surface area contributed by atoms with E-state index in [1.165, 1.54) is 0 Å². The van der Waals surface area contributed by atoms with Crippen molar-refractivity contribution in [3.05, 3.63) is 69.1 Å². The zero-order valence-corrected chi connectivity index (χ0v) is 20.1. The van der Waals surface area contributed by atoms with Crippen molar-refractivity contribution in [1.82, 2.24) is 5.32 Å². The molecular weight excluding hydrogens is 450 g/mol. The van der Waals surface area contributed by atoms with Gasteiger partial charge in [0.2, 0.25) is 0 Å². The molecule has 0 radical (unpaired) electrons. The number of nitrogens with two attached hydrogens (primary N) is 1. The van der Waals surface area contributed by atoms with E-state index in [-0.39, 0.29) is 13.2 Å². The van der Waals surface area contributed by atoms with Crippen molar-refractivity contribution in [3.63, 3.8) is 0 Å². The van der Waals surface area contributed by atoms with Crippen LogP contribution in [0.15, 0.2) is 47.9 Å². The fraction of sp³-hybridized carbons (Fsp3) is 0.348. The molecule has 1 fully saturated rings. The Morgan fingerprint density at radius 3 is 2.22 bits per heavy atom. The average Bonchev–Trinajstić information content (AvgIpc) is 2.95. The summed E-state index contributed by atoms with van der Waals surface area (Å²) in [6.07, 6.45) is 1.27. The average molecular weight is 477 g/mol. The molecule has 1 amide bonds. The van der Waals surface area contributed by atoms with Crippen LogP contribution in [0.5, 0.6) is 0 Å². The van der Waals surface area contributed by atoms with Crippen molar-refractivity contribution in [2.24, 2.45) is 0 Å². The minimum absolute atomic E-state index is 0.143. The second-order valence-corrected chi connectivity index (χ2v) is 9.44. The Balaban J connectivity index is 1.77. The van der Waals surface area contributed by atoms with Gasteiger partial charge in [0.1, 0.15) is 6.61 Å². The largest absolute Gasteiger partial charge is 0.492 e. The highest BCUT2D eigenvalue weighted by Gasteiger charge is 2.52. The quantitative estimate of drug-likeness (QED) is 0.423. The van der Waals surface area contributed by atoms with Crippen LogP contribution in [-0.2, 0) is 20.7 Å². The third-order valence-electron chi connectivity index (χ3n) is 5.66. The first kappa shape index (κ1) is 24.5. The van der Waals surface area contributed by atoms with Crippen LogP contribution in [0.3, 0.4) is 0 Å². The maximum Gasteiger partial charge on any atom is 0.492 e. The summed E-state index contributed by atoms with van der Waals surface area (Å²) in [5.41, 5.74) is 7.36. The smallest absolute Gasteiger partial charge is 0.445 e. The Hall–Kier alpha value is -2.19. The zero-order chi connectivity index (χ0) is 23.5. The fourth-order valence-electron chi connectivity index (χ4n) is 3.05. The number of amides is 1. The molecule has 6 nitrogen and oxygen atoms in total. The number of benzene rings is 2. The normalized spacial score (nSPS) is 17.3. The molecule has 3 N–H and O–H groups in total. The number of rotatable bonds is 6. The molecular formula is C23H27BCl2N2O4. The number of hydrogen-bond acceptors (Lipinski definition) is 5. The summed E-state index contributed by atoms with van der Waals surface area (Å²) in [5, 5.41) is 3.45. The van der Waals surface area contributed by atoms with Gasteiger partial charge < -0.3 is 25.1 Å². The fourth-order valence-corrected chi connectivity index (χ4v) is 3.55. The van der Waals surface area contributed by atoms with Crippen LogP contribution in [-0.4, -0.2) is 31.0 Å². The first-order chi connectivity index (χ1) is 15.0. The van der Waals surface area contributed by atoms with E-state index in [0.29, 0.717) is 26.8 Å². The van der Waals surface area contributed by atoms with E-state index < -0.39 is 24.4 Å². The molecule has 32 heavy (non-hydrogen) atoms. The molecule has 0 aromatic heterocycles. The molecule has 0 saturated carbocycles. The third kappa shape index (κ3) is 5.78. The summed E-state index contributed by atoms with van der Waals surface area (Å²) in [7, 11) is -0.676. The maximum absolute atomic E-state index is 12.3. The van der Waals surface area contributed by atoms with Crippen LogP contribution < -0.4 is 11.1 Å². The second kappa shape index (κ2) is 9.75. The van der Waals surface area contributed by atoms with Gasteiger partial charge in [-0.2, -0.15) is 0 Å². The van der Waals surface area contributed by atoms with Crippen LogP contribution in [0.4, 0.5) is 10.5 Å². The number of nitrogens with one attached hydrogen (secondary N) is 1. The Morgan fingerprint density at radius 2 is 1.66 bits per heavy atom. The molecule has 0 aliphatic carbocycles. The lowest BCUT2D eigenvalue weighted by Gasteiger charge is -2.32. The highest BCUT2D eigenvalue weighted by molar-refractivity contribution is 6.56.